The highest BCUT2D eigenvalue weighted by atomic mass is 19.4. The monoisotopic (exact) mass is 591 g/mol. The van der Waals surface area contributed by atoms with Gasteiger partial charge < -0.3 is 16.0 Å². The van der Waals surface area contributed by atoms with Crippen LogP contribution in [-0.4, -0.2) is 55.3 Å². The van der Waals surface area contributed by atoms with E-state index in [0.717, 1.165) is 0 Å². The van der Waals surface area contributed by atoms with Crippen LogP contribution in [-0.2, 0) is 11.3 Å². The number of nitrogens with zero attached hydrogens (tertiary/aromatic N) is 4. The summed E-state index contributed by atoms with van der Waals surface area (Å²) in [6.07, 6.45) is -10.1. The molecule has 0 saturated heterocycles. The van der Waals surface area contributed by atoms with E-state index < -0.39 is 80.4 Å². The Morgan fingerprint density at radius 3 is 2.49 bits per heavy atom. The van der Waals surface area contributed by atoms with Gasteiger partial charge >= 0.3 is 6.18 Å². The van der Waals surface area contributed by atoms with E-state index in [1.165, 1.54) is 0 Å². The number of amides is 2. The van der Waals surface area contributed by atoms with Gasteiger partial charge in [-0.2, -0.15) is 23.1 Å². The van der Waals surface area contributed by atoms with Gasteiger partial charge in [-0.25, -0.2) is 22.5 Å². The fourth-order valence-corrected chi connectivity index (χ4v) is 5.04. The molecule has 1 aromatic carbocycles. The number of carbonyl (C=O) groups excluding carboxylic acids is 2. The van der Waals surface area contributed by atoms with Crippen molar-refractivity contribution in [1.82, 2.24) is 30.3 Å². The Morgan fingerprint density at radius 1 is 1.20 bits per heavy atom. The van der Waals surface area contributed by atoms with Gasteiger partial charge in [-0.1, -0.05) is 6.07 Å². The fraction of sp³-hybridized carbons (Fsp3) is 0.560. The summed E-state index contributed by atoms with van der Waals surface area (Å²) >= 11 is 0. The maximum Gasteiger partial charge on any atom is 0.389 e. The molecule has 16 heteroatoms. The van der Waals surface area contributed by atoms with Gasteiger partial charge in [-0.15, -0.1) is 5.10 Å². The van der Waals surface area contributed by atoms with E-state index in [-0.39, 0.29) is 30.1 Å². The number of hydrogen-bond donors (Lipinski definition) is 3. The average Bonchev–Trinajstić information content (AvgIpc) is 3.47. The van der Waals surface area contributed by atoms with Crippen LogP contribution in [0.1, 0.15) is 85.0 Å². The van der Waals surface area contributed by atoms with Crippen LogP contribution < -0.4 is 11.1 Å². The molecule has 9 nitrogen and oxygen atoms in total. The lowest BCUT2D eigenvalue weighted by molar-refractivity contribution is -0.144. The van der Waals surface area contributed by atoms with E-state index in [0.29, 0.717) is 21.4 Å². The Morgan fingerprint density at radius 2 is 1.88 bits per heavy atom. The van der Waals surface area contributed by atoms with Crippen molar-refractivity contribution in [3.63, 3.8) is 0 Å². The Bertz CT molecular complexity index is 1390. The normalized spacial score (nSPS) is 17.6. The molecule has 4 rings (SSSR count). The van der Waals surface area contributed by atoms with Gasteiger partial charge in [0.15, 0.2) is 5.69 Å². The van der Waals surface area contributed by atoms with Crippen LogP contribution in [0.4, 0.5) is 30.7 Å². The molecule has 3 aromatic rings. The molecule has 1 saturated carbocycles. The molecule has 2 atom stereocenters. The molecule has 4 N–H and O–H groups in total. The van der Waals surface area contributed by atoms with Crippen LogP contribution in [0.5, 0.6) is 0 Å². The third-order valence-corrected chi connectivity index (χ3v) is 7.08. The van der Waals surface area contributed by atoms with Gasteiger partial charge in [0.25, 0.3) is 12.3 Å². The maximum atomic E-state index is 14.0. The number of aromatic nitrogens is 5. The van der Waals surface area contributed by atoms with Gasteiger partial charge in [0.05, 0.1) is 29.4 Å². The highest BCUT2D eigenvalue weighted by molar-refractivity contribution is 5.92. The molecule has 0 radical (unpaired) electrons. The minimum absolute atomic E-state index is 0.0286. The molecule has 224 valence electrons. The van der Waals surface area contributed by atoms with Crippen LogP contribution in [0.2, 0.25) is 0 Å². The zero-order valence-electron chi connectivity index (χ0n) is 21.8. The molecule has 2 heterocycles. The van der Waals surface area contributed by atoms with Crippen molar-refractivity contribution in [3.8, 4) is 0 Å². The zero-order chi connectivity index (χ0) is 30.1. The number of alkyl halides is 7. The van der Waals surface area contributed by atoms with Crippen LogP contribution >= 0.6 is 0 Å². The number of hydrogen-bond acceptors (Lipinski definition) is 5. The Balaban J connectivity index is 1.67. The summed E-state index contributed by atoms with van der Waals surface area (Å²) in [5, 5.41) is 10.4. The summed E-state index contributed by atoms with van der Waals surface area (Å²) in [5.74, 6) is -5.86. The lowest BCUT2D eigenvalue weighted by Gasteiger charge is -2.32. The number of rotatable bonds is 10. The summed E-state index contributed by atoms with van der Waals surface area (Å²) in [7, 11) is 0. The number of carbonyl (C=O) groups is 2. The zero-order valence-corrected chi connectivity index (χ0v) is 21.8. The largest absolute Gasteiger partial charge is 0.389 e. The van der Waals surface area contributed by atoms with Crippen LogP contribution in [0.25, 0.3) is 11.0 Å². The van der Waals surface area contributed by atoms with Crippen molar-refractivity contribution in [2.24, 2.45) is 11.7 Å². The van der Waals surface area contributed by atoms with Crippen LogP contribution in [0, 0.1) is 5.92 Å². The first-order valence-electron chi connectivity index (χ1n) is 12.9. The van der Waals surface area contributed by atoms with Crippen molar-refractivity contribution >= 4 is 22.8 Å². The number of aromatic amines is 1. The highest BCUT2D eigenvalue weighted by Gasteiger charge is 2.42. The molecule has 0 bridgehead atoms. The van der Waals surface area contributed by atoms with Crippen molar-refractivity contribution in [2.75, 3.05) is 0 Å². The molecular weight excluding hydrogens is 563 g/mol. The Labute approximate surface area is 229 Å². The minimum atomic E-state index is -4.46. The predicted octanol–water partition coefficient (Wildman–Crippen LogP) is 5.00. The number of nitrogens with two attached hydrogens (primary N) is 1. The topological polar surface area (TPSA) is 132 Å². The molecular formula is C25H28F7N7O2. The predicted molar refractivity (Wildman–Crippen MR) is 131 cm³/mol. The molecule has 0 aliphatic heterocycles. The summed E-state index contributed by atoms with van der Waals surface area (Å²) < 4.78 is 91.4. The molecule has 1 aliphatic rings. The Hall–Kier alpha value is -3.72. The first kappa shape index (κ1) is 30.2. The van der Waals surface area contributed by atoms with Gasteiger partial charge in [0.2, 0.25) is 11.8 Å². The smallest absolute Gasteiger partial charge is 0.364 e. The maximum absolute atomic E-state index is 14.0. The quantitative estimate of drug-likeness (QED) is 0.286. The standard InChI is InChI=1S/C25H28F7N7O2/c1-12(34-18(40)6-9-25(30,31)32)14-2-3-15-16(10-14)36-23(35-15)19(13-4-7-24(28,29)8-5-13)20-21(22(33)41)38-39(37-20)11-17(26)27/h2-3,10,12-13,17,19H,4-9,11H2,1H3,(H2,33,41)(H,34,40)(H,35,36)/t12-,19+/m1/s1. The molecule has 1 fully saturated rings. The number of H-pyrrole nitrogens is 1. The molecule has 2 amide bonds. The van der Waals surface area contributed by atoms with E-state index in [1.54, 1.807) is 25.1 Å². The Kier molecular flexibility index (Phi) is 8.59. The fourth-order valence-electron chi connectivity index (χ4n) is 5.04. The number of benzene rings is 1. The van der Waals surface area contributed by atoms with E-state index in [1.807, 2.05) is 0 Å². The van der Waals surface area contributed by atoms with Crippen molar-refractivity contribution in [3.05, 3.63) is 41.0 Å². The lowest BCUT2D eigenvalue weighted by atomic mass is 9.76. The number of primary amides is 1. The van der Waals surface area contributed by atoms with Crippen LogP contribution in [0.15, 0.2) is 18.2 Å². The molecule has 0 unspecified atom stereocenters. The summed E-state index contributed by atoms with van der Waals surface area (Å²) in [6, 6.07) is 4.18. The minimum Gasteiger partial charge on any atom is -0.364 e. The van der Waals surface area contributed by atoms with E-state index in [2.05, 4.69) is 25.5 Å². The number of nitrogens with one attached hydrogen (secondary N) is 2. The first-order chi connectivity index (χ1) is 19.1. The van der Waals surface area contributed by atoms with E-state index in [9.17, 15) is 40.3 Å². The number of fused-ring (bicyclic) bond motifs is 1. The van der Waals surface area contributed by atoms with Gasteiger partial charge in [-0.05, 0) is 43.4 Å². The summed E-state index contributed by atoms with van der Waals surface area (Å²) in [4.78, 5) is 32.5. The molecule has 1 aliphatic carbocycles. The first-order valence-corrected chi connectivity index (χ1v) is 12.9. The molecule has 41 heavy (non-hydrogen) atoms. The molecule has 2 aromatic heterocycles. The van der Waals surface area contributed by atoms with Crippen molar-refractivity contribution in [1.29, 1.82) is 0 Å². The summed E-state index contributed by atoms with van der Waals surface area (Å²) in [6.45, 7) is 0.682. The van der Waals surface area contributed by atoms with Crippen molar-refractivity contribution in [2.45, 2.75) is 82.5 Å². The second-order valence-electron chi connectivity index (χ2n) is 10.2. The third kappa shape index (κ3) is 7.52. The SMILES string of the molecule is C[C@@H](NC(=O)CCC(F)(F)F)c1ccc2nc([C@H](c3nn(CC(F)F)nc3C(N)=O)C3CCC(F)(F)CC3)[nH]c2c1. The second-order valence-corrected chi connectivity index (χ2v) is 10.2. The summed E-state index contributed by atoms with van der Waals surface area (Å²) in [5.41, 5.74) is 6.45. The second kappa shape index (κ2) is 11.6. The van der Waals surface area contributed by atoms with E-state index in [4.69, 9.17) is 5.73 Å². The van der Waals surface area contributed by atoms with Gasteiger partial charge in [0, 0.05) is 19.3 Å². The van der Waals surface area contributed by atoms with Crippen LogP contribution in [0.3, 0.4) is 0 Å². The lowest BCUT2D eigenvalue weighted by Crippen LogP contribution is -2.30. The van der Waals surface area contributed by atoms with Crippen molar-refractivity contribution < 1.29 is 40.3 Å². The highest BCUT2D eigenvalue weighted by Crippen LogP contribution is 2.44. The average molecular weight is 592 g/mol. The van der Waals surface area contributed by atoms with Gasteiger partial charge in [-0.3, -0.25) is 9.59 Å². The van der Waals surface area contributed by atoms with Gasteiger partial charge in [0.1, 0.15) is 18.1 Å². The number of imidazole rings is 1. The van der Waals surface area contributed by atoms with E-state index >= 15 is 0 Å². The molecule has 0 spiro atoms. The third-order valence-electron chi connectivity index (χ3n) is 7.08. The number of halogens is 7.